The fraction of sp³-hybridized carbons (Fsp3) is 0.118. The summed E-state index contributed by atoms with van der Waals surface area (Å²) in [6, 6.07) is 10.9. The maximum atomic E-state index is 11.9. The first kappa shape index (κ1) is 17.6. The van der Waals surface area contributed by atoms with Crippen LogP contribution in [0.5, 0.6) is 11.6 Å². The highest BCUT2D eigenvalue weighted by Crippen LogP contribution is 2.39. The van der Waals surface area contributed by atoms with Gasteiger partial charge in [0.05, 0.1) is 5.52 Å². The number of carbonyl (C=O) groups is 1. The number of fused-ring (bicyclic) bond motifs is 1. The summed E-state index contributed by atoms with van der Waals surface area (Å²) in [6.45, 7) is 1.68. The number of aromatic nitrogens is 1. The Bertz CT molecular complexity index is 983. The number of ether oxygens (including phenoxy) is 1. The van der Waals surface area contributed by atoms with Crippen molar-refractivity contribution in [3.8, 4) is 11.6 Å². The number of aromatic amines is 1. The van der Waals surface area contributed by atoms with Crippen molar-refractivity contribution in [1.82, 2.24) is 4.98 Å². The number of aromatic hydroxyl groups is 1. The zero-order valence-corrected chi connectivity index (χ0v) is 16.3. The van der Waals surface area contributed by atoms with E-state index in [1.54, 1.807) is 18.2 Å². The van der Waals surface area contributed by atoms with Crippen LogP contribution in [-0.4, -0.2) is 22.6 Å². The summed E-state index contributed by atoms with van der Waals surface area (Å²) in [7, 11) is 0. The zero-order chi connectivity index (χ0) is 18.0. The molecule has 0 aliphatic rings. The Morgan fingerprint density at radius 3 is 2.84 bits per heavy atom. The van der Waals surface area contributed by atoms with Crippen LogP contribution in [0.4, 0.5) is 5.69 Å². The van der Waals surface area contributed by atoms with Gasteiger partial charge in [-0.3, -0.25) is 4.79 Å². The maximum absolute atomic E-state index is 11.9. The molecule has 25 heavy (non-hydrogen) atoms. The van der Waals surface area contributed by atoms with Crippen molar-refractivity contribution < 1.29 is 14.6 Å². The molecule has 1 amide bonds. The number of aryl methyl sites for hydroxylation is 1. The van der Waals surface area contributed by atoms with Crippen molar-refractivity contribution in [2.24, 2.45) is 10.2 Å². The van der Waals surface area contributed by atoms with E-state index in [4.69, 9.17) is 4.74 Å². The van der Waals surface area contributed by atoms with Gasteiger partial charge in [-0.25, -0.2) is 0 Å². The molecule has 8 heteroatoms. The second-order valence-electron chi connectivity index (χ2n) is 5.33. The molecule has 0 fully saturated rings. The van der Waals surface area contributed by atoms with E-state index in [-0.39, 0.29) is 18.2 Å². The van der Waals surface area contributed by atoms with Crippen molar-refractivity contribution in [2.75, 3.05) is 6.61 Å². The van der Waals surface area contributed by atoms with Crippen LogP contribution >= 0.6 is 31.9 Å². The van der Waals surface area contributed by atoms with Gasteiger partial charge in [-0.05, 0) is 58.7 Å². The number of benzene rings is 2. The first-order chi connectivity index (χ1) is 11.9. The lowest BCUT2D eigenvalue weighted by atomic mass is 10.1. The molecule has 0 unspecified atom stereocenters. The highest BCUT2D eigenvalue weighted by molar-refractivity contribution is 9.11. The number of halogens is 2. The second kappa shape index (κ2) is 7.37. The molecule has 3 rings (SSSR count). The molecule has 2 aromatic carbocycles. The van der Waals surface area contributed by atoms with Gasteiger partial charge in [-0.15, -0.1) is 10.2 Å². The summed E-state index contributed by atoms with van der Waals surface area (Å²) < 4.78 is 7.01. The summed E-state index contributed by atoms with van der Waals surface area (Å²) in [6.07, 6.45) is 0. The van der Waals surface area contributed by atoms with Crippen LogP contribution in [0, 0.1) is 6.92 Å². The number of nitrogens with one attached hydrogen (secondary N) is 1. The number of rotatable bonds is 4. The van der Waals surface area contributed by atoms with Crippen molar-refractivity contribution in [3.63, 3.8) is 0 Å². The lowest BCUT2D eigenvalue weighted by Gasteiger charge is -2.02. The van der Waals surface area contributed by atoms with Gasteiger partial charge in [0.25, 0.3) is 0 Å². The molecule has 0 aliphatic heterocycles. The summed E-state index contributed by atoms with van der Waals surface area (Å²) in [5.41, 5.74) is 1.89. The molecule has 0 aliphatic carbocycles. The molecular weight excluding hydrogens is 454 g/mol. The molecule has 1 heterocycles. The van der Waals surface area contributed by atoms with E-state index >= 15 is 0 Å². The summed E-state index contributed by atoms with van der Waals surface area (Å²) in [4.78, 5) is 14.7. The van der Waals surface area contributed by atoms with Crippen LogP contribution in [0.15, 0.2) is 55.6 Å². The lowest BCUT2D eigenvalue weighted by Crippen LogP contribution is -2.07. The standard InChI is InChI=1S/C17H13Br2N3O3/c1-9-5-12-15(13(19)6-9)20-17(24)16(12)22-21-14(23)8-25-11-4-2-3-10(18)7-11/h2-7,20,24H,8H2,1H3. The van der Waals surface area contributed by atoms with E-state index in [2.05, 4.69) is 47.1 Å². The predicted octanol–water partition coefficient (Wildman–Crippen LogP) is 5.40. The molecule has 0 bridgehead atoms. The molecule has 128 valence electrons. The number of amides is 1. The van der Waals surface area contributed by atoms with Crippen molar-refractivity contribution in [1.29, 1.82) is 0 Å². The molecule has 0 spiro atoms. The topological polar surface area (TPSA) is 87.0 Å². The quantitative estimate of drug-likeness (QED) is 0.505. The Morgan fingerprint density at radius 2 is 2.08 bits per heavy atom. The highest BCUT2D eigenvalue weighted by atomic mass is 79.9. The summed E-state index contributed by atoms with van der Waals surface area (Å²) in [5, 5.41) is 18.2. The van der Waals surface area contributed by atoms with Gasteiger partial charge in [-0.2, -0.15) is 0 Å². The average molecular weight is 467 g/mol. The number of azo groups is 1. The third-order valence-corrected chi connectivity index (χ3v) is 4.50. The summed E-state index contributed by atoms with van der Waals surface area (Å²) >= 11 is 6.75. The Hall–Kier alpha value is -2.19. The second-order valence-corrected chi connectivity index (χ2v) is 7.10. The summed E-state index contributed by atoms with van der Waals surface area (Å²) in [5.74, 6) is -0.154. The van der Waals surface area contributed by atoms with Crippen molar-refractivity contribution in [2.45, 2.75) is 6.92 Å². The molecule has 0 atom stereocenters. The van der Waals surface area contributed by atoms with Gasteiger partial charge in [0.15, 0.2) is 12.3 Å². The molecule has 0 radical (unpaired) electrons. The number of nitrogens with zero attached hydrogens (tertiary/aromatic N) is 2. The van der Waals surface area contributed by atoms with Crippen molar-refractivity contribution in [3.05, 3.63) is 50.9 Å². The minimum Gasteiger partial charge on any atom is -0.493 e. The number of hydrogen-bond acceptors (Lipinski definition) is 4. The molecule has 6 nitrogen and oxygen atoms in total. The van der Waals surface area contributed by atoms with Crippen LogP contribution in [0.1, 0.15) is 5.56 Å². The Balaban J connectivity index is 1.76. The monoisotopic (exact) mass is 465 g/mol. The highest BCUT2D eigenvalue weighted by Gasteiger charge is 2.14. The van der Waals surface area contributed by atoms with E-state index in [0.717, 1.165) is 14.5 Å². The number of carbonyl (C=O) groups excluding carboxylic acids is 1. The molecule has 2 N–H and O–H groups in total. The first-order valence-corrected chi connectivity index (χ1v) is 8.86. The first-order valence-electron chi connectivity index (χ1n) is 7.28. The van der Waals surface area contributed by atoms with E-state index < -0.39 is 5.91 Å². The minimum atomic E-state index is -0.555. The van der Waals surface area contributed by atoms with Crippen LogP contribution in [0.3, 0.4) is 0 Å². The fourth-order valence-corrected chi connectivity index (χ4v) is 3.35. The minimum absolute atomic E-state index is 0.147. The van der Waals surface area contributed by atoms with Gasteiger partial charge in [0.2, 0.25) is 5.88 Å². The average Bonchev–Trinajstić information content (AvgIpc) is 2.87. The van der Waals surface area contributed by atoms with Gasteiger partial charge < -0.3 is 14.8 Å². The Kier molecular flexibility index (Phi) is 5.19. The van der Waals surface area contributed by atoms with Crippen LogP contribution in [-0.2, 0) is 4.79 Å². The zero-order valence-electron chi connectivity index (χ0n) is 13.1. The van der Waals surface area contributed by atoms with E-state index in [9.17, 15) is 9.90 Å². The molecule has 0 saturated carbocycles. The Labute approximate surface area is 160 Å². The predicted molar refractivity (Wildman–Crippen MR) is 102 cm³/mol. The van der Waals surface area contributed by atoms with Gasteiger partial charge in [0, 0.05) is 14.3 Å². The molecular formula is C17H13Br2N3O3. The molecule has 1 aromatic heterocycles. The van der Waals surface area contributed by atoms with E-state index in [1.165, 1.54) is 0 Å². The Morgan fingerprint density at radius 1 is 1.28 bits per heavy atom. The van der Waals surface area contributed by atoms with Gasteiger partial charge >= 0.3 is 5.91 Å². The van der Waals surface area contributed by atoms with Gasteiger partial charge in [-0.1, -0.05) is 22.0 Å². The van der Waals surface area contributed by atoms with Crippen LogP contribution in [0.2, 0.25) is 0 Å². The number of H-pyrrole nitrogens is 1. The SMILES string of the molecule is Cc1cc(Br)c2[nH]c(O)c(N=NC(=O)COc3cccc(Br)c3)c2c1. The third-order valence-electron chi connectivity index (χ3n) is 3.38. The van der Waals surface area contributed by atoms with Crippen LogP contribution < -0.4 is 4.74 Å². The van der Waals surface area contributed by atoms with Crippen LogP contribution in [0.25, 0.3) is 10.9 Å². The normalized spacial score (nSPS) is 11.3. The lowest BCUT2D eigenvalue weighted by molar-refractivity contribution is -0.120. The molecule has 0 saturated heterocycles. The van der Waals surface area contributed by atoms with Gasteiger partial charge in [0.1, 0.15) is 5.75 Å². The number of hydrogen-bond donors (Lipinski definition) is 2. The smallest absolute Gasteiger partial charge is 0.302 e. The fourth-order valence-electron chi connectivity index (χ4n) is 2.30. The molecule has 3 aromatic rings. The van der Waals surface area contributed by atoms with Crippen molar-refractivity contribution >= 4 is 54.4 Å². The van der Waals surface area contributed by atoms with E-state index in [1.807, 2.05) is 25.1 Å². The maximum Gasteiger partial charge on any atom is 0.302 e. The van der Waals surface area contributed by atoms with E-state index in [0.29, 0.717) is 16.7 Å². The largest absolute Gasteiger partial charge is 0.493 e. The third kappa shape index (κ3) is 4.08.